The van der Waals surface area contributed by atoms with E-state index in [-0.39, 0.29) is 24.8 Å². The molecule has 1 rings (SSSR count). The second kappa shape index (κ2) is 9.14. The predicted octanol–water partition coefficient (Wildman–Crippen LogP) is 3.50. The fraction of sp³-hybridized carbons (Fsp3) is 0.471. The van der Waals surface area contributed by atoms with Crippen LogP contribution in [0.15, 0.2) is 18.2 Å². The lowest BCUT2D eigenvalue weighted by Gasteiger charge is -2.21. The highest BCUT2D eigenvalue weighted by atomic mass is 19.4. The van der Waals surface area contributed by atoms with Crippen molar-refractivity contribution in [1.29, 1.82) is 0 Å². The summed E-state index contributed by atoms with van der Waals surface area (Å²) in [6, 6.07) is -1.55. The molecule has 6 nitrogen and oxygen atoms in total. The lowest BCUT2D eigenvalue weighted by atomic mass is 9.97. The van der Waals surface area contributed by atoms with E-state index in [9.17, 15) is 45.8 Å². The van der Waals surface area contributed by atoms with Gasteiger partial charge in [-0.1, -0.05) is 6.92 Å². The van der Waals surface area contributed by atoms with Gasteiger partial charge < -0.3 is 15.2 Å². The lowest BCUT2D eigenvalue weighted by molar-refractivity contribution is -0.146. The molecule has 0 saturated heterocycles. The molecule has 0 bridgehead atoms. The van der Waals surface area contributed by atoms with Crippen LogP contribution in [0.25, 0.3) is 0 Å². The molecule has 0 heterocycles. The number of carbonyl (C=O) groups is 3. The molecule has 0 spiro atoms. The van der Waals surface area contributed by atoms with Gasteiger partial charge in [-0.05, 0) is 31.0 Å². The molecule has 29 heavy (non-hydrogen) atoms. The summed E-state index contributed by atoms with van der Waals surface area (Å²) in [6.07, 6.45) is -10.8. The molecule has 0 saturated carbocycles. The maximum Gasteiger partial charge on any atom is 0.416 e. The molecule has 1 aromatic carbocycles. The van der Waals surface area contributed by atoms with Gasteiger partial charge in [-0.15, -0.1) is 0 Å². The minimum atomic E-state index is -5.17. The Labute approximate surface area is 160 Å². The van der Waals surface area contributed by atoms with Crippen molar-refractivity contribution in [2.75, 3.05) is 6.61 Å². The summed E-state index contributed by atoms with van der Waals surface area (Å²) in [4.78, 5) is 35.0. The molecule has 12 heteroatoms. The quantitative estimate of drug-likeness (QED) is 0.511. The highest BCUT2D eigenvalue weighted by Gasteiger charge is 2.38. The maximum absolute atomic E-state index is 12.9. The summed E-state index contributed by atoms with van der Waals surface area (Å²) in [7, 11) is 0. The molecular weight excluding hydrogens is 412 g/mol. The van der Waals surface area contributed by atoms with Crippen LogP contribution in [0.4, 0.5) is 26.3 Å². The molecule has 0 unspecified atom stereocenters. The minimum Gasteiger partial charge on any atom is -0.480 e. The van der Waals surface area contributed by atoms with Crippen molar-refractivity contribution in [3.8, 4) is 0 Å². The molecule has 162 valence electrons. The minimum absolute atomic E-state index is 0.0140. The molecule has 0 fully saturated rings. The number of rotatable bonds is 7. The van der Waals surface area contributed by atoms with E-state index >= 15 is 0 Å². The van der Waals surface area contributed by atoms with Crippen LogP contribution in [0.5, 0.6) is 0 Å². The highest BCUT2D eigenvalue weighted by molar-refractivity contribution is 5.97. The van der Waals surface area contributed by atoms with E-state index in [0.717, 1.165) is 0 Å². The second-order valence-electron chi connectivity index (χ2n) is 6.07. The van der Waals surface area contributed by atoms with Gasteiger partial charge in [-0.25, -0.2) is 4.79 Å². The number of carbonyl (C=O) groups excluding carboxylic acids is 2. The van der Waals surface area contributed by atoms with E-state index in [1.165, 1.54) is 13.8 Å². The van der Waals surface area contributed by atoms with Gasteiger partial charge in [0.1, 0.15) is 6.04 Å². The van der Waals surface area contributed by atoms with E-state index < -0.39 is 65.3 Å². The number of nitrogens with one attached hydrogen (secondary N) is 1. The smallest absolute Gasteiger partial charge is 0.416 e. The molecular formula is C17H17F6NO5. The van der Waals surface area contributed by atoms with Crippen molar-refractivity contribution in [2.24, 2.45) is 5.92 Å². The van der Waals surface area contributed by atoms with E-state index in [1.807, 2.05) is 5.32 Å². The summed E-state index contributed by atoms with van der Waals surface area (Å²) in [6.45, 7) is 2.77. The van der Waals surface area contributed by atoms with Crippen LogP contribution >= 0.6 is 0 Å². The molecule has 0 aromatic heterocycles. The van der Waals surface area contributed by atoms with Crippen LogP contribution in [-0.4, -0.2) is 35.6 Å². The Bertz CT molecular complexity index is 742. The third kappa shape index (κ3) is 6.95. The zero-order valence-corrected chi connectivity index (χ0v) is 15.1. The second-order valence-corrected chi connectivity index (χ2v) is 6.07. The van der Waals surface area contributed by atoms with Gasteiger partial charge in [0.15, 0.2) is 0 Å². The van der Waals surface area contributed by atoms with Gasteiger partial charge >= 0.3 is 24.3 Å². The topological polar surface area (TPSA) is 92.7 Å². The summed E-state index contributed by atoms with van der Waals surface area (Å²) in [5.41, 5.74) is -4.46. The van der Waals surface area contributed by atoms with Gasteiger partial charge in [0.05, 0.1) is 24.2 Å². The Kier molecular flexibility index (Phi) is 7.64. The van der Waals surface area contributed by atoms with Crippen molar-refractivity contribution in [2.45, 2.75) is 38.7 Å². The largest absolute Gasteiger partial charge is 0.480 e. The average molecular weight is 429 g/mol. The van der Waals surface area contributed by atoms with Gasteiger partial charge in [-0.3, -0.25) is 9.59 Å². The van der Waals surface area contributed by atoms with Gasteiger partial charge in [-0.2, -0.15) is 26.3 Å². The van der Waals surface area contributed by atoms with Crippen molar-refractivity contribution in [1.82, 2.24) is 5.32 Å². The van der Waals surface area contributed by atoms with Crippen LogP contribution in [0.1, 0.15) is 41.8 Å². The molecule has 0 radical (unpaired) electrons. The van der Waals surface area contributed by atoms with Crippen molar-refractivity contribution >= 4 is 17.8 Å². The summed E-state index contributed by atoms with van der Waals surface area (Å²) >= 11 is 0. The van der Waals surface area contributed by atoms with Crippen LogP contribution in [-0.2, 0) is 26.7 Å². The number of hydrogen-bond donors (Lipinski definition) is 2. The molecule has 1 amide bonds. The molecule has 1 aromatic rings. The van der Waals surface area contributed by atoms with E-state index in [2.05, 4.69) is 4.74 Å². The fourth-order valence-corrected chi connectivity index (χ4v) is 2.36. The van der Waals surface area contributed by atoms with E-state index in [0.29, 0.717) is 0 Å². The highest BCUT2D eigenvalue weighted by Crippen LogP contribution is 2.36. The average Bonchev–Trinajstić information content (AvgIpc) is 2.57. The monoisotopic (exact) mass is 429 g/mol. The summed E-state index contributed by atoms with van der Waals surface area (Å²) in [5.74, 6) is -4.93. The lowest BCUT2D eigenvalue weighted by Crippen LogP contribution is -2.45. The Hall–Kier alpha value is -2.79. The SMILES string of the molecule is CCOC(=O)C[C@H](C)[C@H](NC(=O)c1cc(C(F)(F)F)cc(C(F)(F)F)c1)C(=O)O. The number of halogens is 6. The number of alkyl halides is 6. The van der Waals surface area contributed by atoms with Crippen molar-refractivity contribution in [3.63, 3.8) is 0 Å². The first-order chi connectivity index (χ1) is 13.2. The number of hydrogen-bond acceptors (Lipinski definition) is 4. The molecule has 0 aliphatic heterocycles. The first-order valence-electron chi connectivity index (χ1n) is 8.15. The van der Waals surface area contributed by atoms with Crippen LogP contribution < -0.4 is 5.32 Å². The number of benzene rings is 1. The normalized spacial score (nSPS) is 14.1. The predicted molar refractivity (Wildman–Crippen MR) is 85.8 cm³/mol. The van der Waals surface area contributed by atoms with Gasteiger partial charge in [0, 0.05) is 5.56 Å². The number of carboxylic acids is 1. The van der Waals surface area contributed by atoms with Gasteiger partial charge in [0.25, 0.3) is 5.91 Å². The fourth-order valence-electron chi connectivity index (χ4n) is 2.36. The van der Waals surface area contributed by atoms with Crippen LogP contribution in [0.3, 0.4) is 0 Å². The standard InChI is InChI=1S/C17H17F6NO5/c1-3-29-12(25)4-8(2)13(15(27)28)24-14(26)9-5-10(16(18,19)20)7-11(6-9)17(21,22)23/h5-8,13H,3-4H2,1-2H3,(H,24,26)(H,27,28)/t8-,13-/m0/s1. The van der Waals surface area contributed by atoms with E-state index in [4.69, 9.17) is 0 Å². The number of esters is 1. The third-order valence-electron chi connectivity index (χ3n) is 3.77. The van der Waals surface area contributed by atoms with Crippen LogP contribution in [0.2, 0.25) is 0 Å². The number of amides is 1. The Morgan fingerprint density at radius 3 is 1.90 bits per heavy atom. The molecule has 0 aliphatic carbocycles. The van der Waals surface area contributed by atoms with E-state index in [1.54, 1.807) is 0 Å². The zero-order chi connectivity index (χ0) is 22.6. The molecule has 0 aliphatic rings. The molecule has 2 N–H and O–H groups in total. The third-order valence-corrected chi connectivity index (χ3v) is 3.77. The Morgan fingerprint density at radius 1 is 1.03 bits per heavy atom. The van der Waals surface area contributed by atoms with Crippen molar-refractivity contribution < 1.29 is 50.6 Å². The zero-order valence-electron chi connectivity index (χ0n) is 15.1. The van der Waals surface area contributed by atoms with Crippen LogP contribution in [0, 0.1) is 5.92 Å². The van der Waals surface area contributed by atoms with Crippen molar-refractivity contribution in [3.05, 3.63) is 34.9 Å². The number of carboxylic acid groups (broad SMARTS) is 1. The summed E-state index contributed by atoms with van der Waals surface area (Å²) in [5, 5.41) is 11.1. The maximum atomic E-state index is 12.9. The molecule has 2 atom stereocenters. The summed E-state index contributed by atoms with van der Waals surface area (Å²) < 4.78 is 82.0. The first-order valence-corrected chi connectivity index (χ1v) is 8.15. The number of aliphatic carboxylic acids is 1. The number of ether oxygens (including phenoxy) is 1. The Morgan fingerprint density at radius 2 is 1.52 bits per heavy atom. The Balaban J connectivity index is 3.20. The van der Waals surface area contributed by atoms with Gasteiger partial charge in [0.2, 0.25) is 0 Å². The first kappa shape index (κ1) is 24.2.